The molecule has 1 aliphatic rings. The molecule has 1 aliphatic heterocycles. The Labute approximate surface area is 147 Å². The van der Waals surface area contributed by atoms with Gasteiger partial charge in [-0.1, -0.05) is 35.9 Å². The van der Waals surface area contributed by atoms with Gasteiger partial charge in [0, 0.05) is 21.2 Å². The lowest BCUT2D eigenvalue weighted by atomic mass is 10.1. The van der Waals surface area contributed by atoms with Crippen LogP contribution in [-0.2, 0) is 6.42 Å². The molecule has 5 heteroatoms. The maximum Gasteiger partial charge on any atom is 0.133 e. The summed E-state index contributed by atoms with van der Waals surface area (Å²) in [6, 6.07) is 16.3. The molecule has 0 saturated heterocycles. The number of aromatic nitrogens is 2. The van der Waals surface area contributed by atoms with Gasteiger partial charge in [-0.2, -0.15) is 5.10 Å². The number of nitrogens with one attached hydrogen (secondary N) is 1. The summed E-state index contributed by atoms with van der Waals surface area (Å²) in [5.41, 5.74) is 4.36. The fourth-order valence-electron chi connectivity index (χ4n) is 2.81. The lowest BCUT2D eigenvalue weighted by molar-refractivity contribution is 0.882. The van der Waals surface area contributed by atoms with Gasteiger partial charge >= 0.3 is 0 Å². The van der Waals surface area contributed by atoms with Crippen LogP contribution in [0, 0.1) is 3.57 Å². The van der Waals surface area contributed by atoms with Gasteiger partial charge in [0.05, 0.1) is 16.4 Å². The molecule has 2 aromatic carbocycles. The van der Waals surface area contributed by atoms with Crippen molar-refractivity contribution in [2.24, 2.45) is 0 Å². The second-order valence-electron chi connectivity index (χ2n) is 5.22. The summed E-state index contributed by atoms with van der Waals surface area (Å²) in [5.74, 6) is 1.06. The molecule has 0 unspecified atom stereocenters. The third-order valence-corrected chi connectivity index (χ3v) is 4.89. The van der Waals surface area contributed by atoms with Crippen molar-refractivity contribution in [3.8, 4) is 16.9 Å². The molecule has 0 atom stereocenters. The van der Waals surface area contributed by atoms with Crippen molar-refractivity contribution >= 4 is 40.0 Å². The number of fused-ring (bicyclic) bond motifs is 1. The number of anilines is 1. The van der Waals surface area contributed by atoms with Crippen molar-refractivity contribution in [2.75, 3.05) is 11.9 Å². The minimum atomic E-state index is 0.704. The molecule has 0 spiro atoms. The van der Waals surface area contributed by atoms with Crippen LogP contribution in [0.3, 0.4) is 0 Å². The first-order chi connectivity index (χ1) is 10.7. The van der Waals surface area contributed by atoms with E-state index in [0.29, 0.717) is 5.02 Å². The average molecular weight is 422 g/mol. The highest BCUT2D eigenvalue weighted by molar-refractivity contribution is 14.1. The number of halogens is 2. The number of para-hydroxylation sites is 1. The second kappa shape index (κ2) is 5.59. The van der Waals surface area contributed by atoms with Crippen LogP contribution >= 0.6 is 34.2 Å². The lowest BCUT2D eigenvalue weighted by Gasteiger charge is -2.07. The Balaban J connectivity index is 1.90. The van der Waals surface area contributed by atoms with Gasteiger partial charge < -0.3 is 5.32 Å². The molecular weight excluding hydrogens is 409 g/mol. The summed E-state index contributed by atoms with van der Waals surface area (Å²) in [5, 5.41) is 8.97. The monoisotopic (exact) mass is 421 g/mol. The number of nitrogens with zero attached hydrogens (tertiary/aromatic N) is 2. The van der Waals surface area contributed by atoms with E-state index in [1.807, 2.05) is 28.9 Å². The number of rotatable bonds is 2. The van der Waals surface area contributed by atoms with Crippen molar-refractivity contribution < 1.29 is 0 Å². The van der Waals surface area contributed by atoms with Crippen molar-refractivity contribution in [2.45, 2.75) is 6.42 Å². The van der Waals surface area contributed by atoms with E-state index in [1.165, 1.54) is 9.13 Å². The number of hydrogen-bond donors (Lipinski definition) is 1. The SMILES string of the molecule is Clc1ccccc1-n1nc(-c2ccc(I)cc2)c2c1NCC2. The predicted octanol–water partition coefficient (Wildman–Crippen LogP) is 4.77. The van der Waals surface area contributed by atoms with E-state index in [-0.39, 0.29) is 0 Å². The van der Waals surface area contributed by atoms with E-state index in [4.69, 9.17) is 16.7 Å². The second-order valence-corrected chi connectivity index (χ2v) is 6.88. The van der Waals surface area contributed by atoms with Crippen LogP contribution in [0.4, 0.5) is 5.82 Å². The third-order valence-electron chi connectivity index (χ3n) is 3.85. The molecule has 4 rings (SSSR count). The van der Waals surface area contributed by atoms with Crippen molar-refractivity contribution in [1.29, 1.82) is 0 Å². The minimum absolute atomic E-state index is 0.704. The summed E-state index contributed by atoms with van der Waals surface area (Å²) in [6.07, 6.45) is 0.987. The van der Waals surface area contributed by atoms with Gasteiger partial charge in [-0.15, -0.1) is 0 Å². The van der Waals surface area contributed by atoms with Crippen LogP contribution in [-0.4, -0.2) is 16.3 Å². The van der Waals surface area contributed by atoms with Crippen LogP contribution < -0.4 is 5.32 Å². The number of benzene rings is 2. The zero-order valence-electron chi connectivity index (χ0n) is 11.7. The molecule has 3 nitrogen and oxygen atoms in total. The van der Waals surface area contributed by atoms with Crippen LogP contribution in [0.2, 0.25) is 5.02 Å². The van der Waals surface area contributed by atoms with E-state index in [1.54, 1.807) is 0 Å². The molecule has 0 bridgehead atoms. The fourth-order valence-corrected chi connectivity index (χ4v) is 3.39. The summed E-state index contributed by atoms with van der Waals surface area (Å²) in [4.78, 5) is 0. The molecule has 0 radical (unpaired) electrons. The smallest absolute Gasteiger partial charge is 0.133 e. The van der Waals surface area contributed by atoms with Crippen molar-refractivity contribution in [3.63, 3.8) is 0 Å². The van der Waals surface area contributed by atoms with Crippen molar-refractivity contribution in [1.82, 2.24) is 9.78 Å². The summed E-state index contributed by atoms with van der Waals surface area (Å²) in [7, 11) is 0. The molecule has 0 aliphatic carbocycles. The molecule has 110 valence electrons. The van der Waals surface area contributed by atoms with Crippen LogP contribution in [0.25, 0.3) is 16.9 Å². The summed E-state index contributed by atoms with van der Waals surface area (Å²) < 4.78 is 3.15. The molecule has 0 fully saturated rings. The first-order valence-electron chi connectivity index (χ1n) is 7.10. The topological polar surface area (TPSA) is 29.9 Å². The Hall–Kier alpha value is -1.53. The highest BCUT2D eigenvalue weighted by Gasteiger charge is 2.24. The van der Waals surface area contributed by atoms with Gasteiger partial charge in [-0.25, -0.2) is 4.68 Å². The van der Waals surface area contributed by atoms with Crippen molar-refractivity contribution in [3.05, 3.63) is 62.7 Å². The molecule has 3 aromatic rings. The molecule has 2 heterocycles. The summed E-state index contributed by atoms with van der Waals surface area (Å²) >= 11 is 8.66. The normalized spacial score (nSPS) is 13.0. The Morgan fingerprint density at radius 2 is 1.86 bits per heavy atom. The predicted molar refractivity (Wildman–Crippen MR) is 98.9 cm³/mol. The molecule has 22 heavy (non-hydrogen) atoms. The van der Waals surface area contributed by atoms with E-state index in [0.717, 1.165) is 35.7 Å². The fraction of sp³-hybridized carbons (Fsp3) is 0.118. The highest BCUT2D eigenvalue weighted by atomic mass is 127. The van der Waals surface area contributed by atoms with Crippen LogP contribution in [0.5, 0.6) is 0 Å². The molecule has 1 N–H and O–H groups in total. The lowest BCUT2D eigenvalue weighted by Crippen LogP contribution is -2.04. The van der Waals surface area contributed by atoms with E-state index < -0.39 is 0 Å². The maximum absolute atomic E-state index is 6.35. The molecule has 0 saturated carbocycles. The Morgan fingerprint density at radius 3 is 2.64 bits per heavy atom. The standard InChI is InChI=1S/C17H13ClIN3/c18-14-3-1-2-4-15(14)22-17-13(9-10-20-17)16(21-22)11-5-7-12(19)8-6-11/h1-8,20H,9-10H2. The molecule has 0 amide bonds. The summed E-state index contributed by atoms with van der Waals surface area (Å²) in [6.45, 7) is 0.939. The third kappa shape index (κ3) is 2.30. The number of hydrogen-bond acceptors (Lipinski definition) is 2. The average Bonchev–Trinajstić information content (AvgIpc) is 3.11. The van der Waals surface area contributed by atoms with Gasteiger partial charge in [0.1, 0.15) is 5.82 Å². The van der Waals surface area contributed by atoms with E-state index in [2.05, 4.69) is 52.2 Å². The Morgan fingerprint density at radius 1 is 1.09 bits per heavy atom. The molecular formula is C17H13ClIN3. The first kappa shape index (κ1) is 14.1. The minimum Gasteiger partial charge on any atom is -0.369 e. The Bertz CT molecular complexity index is 840. The zero-order valence-corrected chi connectivity index (χ0v) is 14.6. The van der Waals surface area contributed by atoms with E-state index >= 15 is 0 Å². The van der Waals surface area contributed by atoms with Crippen LogP contribution in [0.1, 0.15) is 5.56 Å². The Kier molecular flexibility index (Phi) is 3.58. The van der Waals surface area contributed by atoms with Gasteiger partial charge in [0.25, 0.3) is 0 Å². The zero-order chi connectivity index (χ0) is 15.1. The maximum atomic E-state index is 6.35. The largest absolute Gasteiger partial charge is 0.369 e. The van der Waals surface area contributed by atoms with Crippen LogP contribution in [0.15, 0.2) is 48.5 Å². The van der Waals surface area contributed by atoms with Gasteiger partial charge in [-0.3, -0.25) is 0 Å². The van der Waals surface area contributed by atoms with Gasteiger partial charge in [0.15, 0.2) is 0 Å². The first-order valence-corrected chi connectivity index (χ1v) is 8.56. The quantitative estimate of drug-likeness (QED) is 0.604. The highest BCUT2D eigenvalue weighted by Crippen LogP contribution is 2.36. The van der Waals surface area contributed by atoms with Gasteiger partial charge in [-0.05, 0) is 53.3 Å². The molecule has 1 aromatic heterocycles. The van der Waals surface area contributed by atoms with Gasteiger partial charge in [0.2, 0.25) is 0 Å². The van der Waals surface area contributed by atoms with E-state index in [9.17, 15) is 0 Å².